The maximum absolute atomic E-state index is 5.88. The van der Waals surface area contributed by atoms with Crippen LogP contribution >= 0.6 is 11.6 Å². The van der Waals surface area contributed by atoms with Gasteiger partial charge in [0, 0.05) is 11.6 Å². The van der Waals surface area contributed by atoms with E-state index in [2.05, 4.69) is 43.2 Å². The minimum Gasteiger partial charge on any atom is -0.371 e. The average molecular weight is 212 g/mol. The first-order chi connectivity index (χ1) is 6.77. The minimum atomic E-state index is 0.480. The molecule has 14 heavy (non-hydrogen) atoms. The lowest BCUT2D eigenvalue weighted by atomic mass is 10.1. The molecule has 1 rings (SSSR count). The highest BCUT2D eigenvalue weighted by Gasteiger charge is 2.12. The van der Waals surface area contributed by atoms with Gasteiger partial charge in [-0.05, 0) is 32.0 Å². The SMILES string of the molecule is CC=CN(CCC)C1C=CC(Cl)=CC1. The van der Waals surface area contributed by atoms with E-state index < -0.39 is 0 Å². The normalized spacial score (nSPS) is 21.4. The Morgan fingerprint density at radius 1 is 1.64 bits per heavy atom. The molecule has 0 N–H and O–H groups in total. The molecule has 0 fully saturated rings. The first kappa shape index (κ1) is 11.4. The molecular formula is C12H18ClN. The summed E-state index contributed by atoms with van der Waals surface area (Å²) in [6, 6.07) is 0.480. The van der Waals surface area contributed by atoms with Gasteiger partial charge in [-0.2, -0.15) is 0 Å². The third-order valence-corrected chi connectivity index (χ3v) is 2.56. The standard InChI is InChI=1S/C12H18ClN/c1-3-9-14(10-4-2)12-7-5-11(13)6-8-12/h3,5-7,9,12H,4,8,10H2,1-2H3. The summed E-state index contributed by atoms with van der Waals surface area (Å²) >= 11 is 5.88. The van der Waals surface area contributed by atoms with Crippen molar-refractivity contribution in [2.75, 3.05) is 6.54 Å². The zero-order valence-corrected chi connectivity index (χ0v) is 9.67. The van der Waals surface area contributed by atoms with E-state index in [1.165, 1.54) is 6.42 Å². The van der Waals surface area contributed by atoms with Crippen molar-refractivity contribution in [3.63, 3.8) is 0 Å². The molecule has 0 bridgehead atoms. The predicted octanol–water partition coefficient (Wildman–Crippen LogP) is 3.68. The van der Waals surface area contributed by atoms with Gasteiger partial charge in [0.05, 0.1) is 6.04 Å². The molecule has 2 heteroatoms. The number of hydrogen-bond acceptors (Lipinski definition) is 1. The van der Waals surface area contributed by atoms with Crippen LogP contribution in [0.1, 0.15) is 26.7 Å². The molecule has 1 atom stereocenters. The van der Waals surface area contributed by atoms with Crippen LogP contribution in [0.5, 0.6) is 0 Å². The third-order valence-electron chi connectivity index (χ3n) is 2.28. The molecule has 0 saturated heterocycles. The summed E-state index contributed by atoms with van der Waals surface area (Å²) in [4.78, 5) is 2.36. The Balaban J connectivity index is 2.57. The summed E-state index contributed by atoms with van der Waals surface area (Å²) in [7, 11) is 0. The molecule has 0 saturated carbocycles. The lowest BCUT2D eigenvalue weighted by Crippen LogP contribution is -2.30. The van der Waals surface area contributed by atoms with Crippen LogP contribution in [0.25, 0.3) is 0 Å². The van der Waals surface area contributed by atoms with Gasteiger partial charge in [0.25, 0.3) is 0 Å². The fourth-order valence-electron chi connectivity index (χ4n) is 1.63. The highest BCUT2D eigenvalue weighted by molar-refractivity contribution is 6.31. The van der Waals surface area contributed by atoms with Crippen LogP contribution in [0.3, 0.4) is 0 Å². The van der Waals surface area contributed by atoms with E-state index in [-0.39, 0.29) is 0 Å². The maximum Gasteiger partial charge on any atom is 0.0506 e. The second-order valence-electron chi connectivity index (χ2n) is 3.47. The van der Waals surface area contributed by atoms with E-state index in [0.29, 0.717) is 6.04 Å². The Kier molecular flexibility index (Phi) is 4.81. The van der Waals surface area contributed by atoms with Crippen molar-refractivity contribution in [1.29, 1.82) is 0 Å². The van der Waals surface area contributed by atoms with Crippen molar-refractivity contribution in [2.45, 2.75) is 32.7 Å². The van der Waals surface area contributed by atoms with Crippen LogP contribution in [0.15, 0.2) is 35.5 Å². The van der Waals surface area contributed by atoms with Gasteiger partial charge in [0.15, 0.2) is 0 Å². The lowest BCUT2D eigenvalue weighted by molar-refractivity contribution is 0.319. The van der Waals surface area contributed by atoms with Gasteiger partial charge in [0.2, 0.25) is 0 Å². The molecule has 0 amide bonds. The average Bonchev–Trinajstić information content (AvgIpc) is 2.19. The van der Waals surface area contributed by atoms with Crippen molar-refractivity contribution >= 4 is 11.6 Å². The highest BCUT2D eigenvalue weighted by Crippen LogP contribution is 2.18. The summed E-state index contributed by atoms with van der Waals surface area (Å²) < 4.78 is 0. The van der Waals surface area contributed by atoms with E-state index in [1.807, 2.05) is 6.08 Å². The molecule has 78 valence electrons. The first-order valence-electron chi connectivity index (χ1n) is 5.20. The van der Waals surface area contributed by atoms with Gasteiger partial charge in [0.1, 0.15) is 0 Å². The third kappa shape index (κ3) is 3.22. The van der Waals surface area contributed by atoms with Gasteiger partial charge in [-0.3, -0.25) is 0 Å². The van der Waals surface area contributed by atoms with Crippen LogP contribution in [0, 0.1) is 0 Å². The summed E-state index contributed by atoms with van der Waals surface area (Å²) in [6.07, 6.45) is 12.7. The molecule has 0 radical (unpaired) electrons. The fourth-order valence-corrected chi connectivity index (χ4v) is 1.79. The lowest BCUT2D eigenvalue weighted by Gasteiger charge is -2.28. The molecular weight excluding hydrogens is 194 g/mol. The Labute approximate surface area is 91.7 Å². The maximum atomic E-state index is 5.88. The monoisotopic (exact) mass is 211 g/mol. The van der Waals surface area contributed by atoms with Crippen molar-refractivity contribution in [3.8, 4) is 0 Å². The second-order valence-corrected chi connectivity index (χ2v) is 3.91. The van der Waals surface area contributed by atoms with Gasteiger partial charge >= 0.3 is 0 Å². The van der Waals surface area contributed by atoms with Gasteiger partial charge < -0.3 is 4.90 Å². The Hall–Kier alpha value is -0.690. The Morgan fingerprint density at radius 3 is 2.93 bits per heavy atom. The minimum absolute atomic E-state index is 0.480. The molecule has 0 aromatic carbocycles. The van der Waals surface area contributed by atoms with Crippen LogP contribution < -0.4 is 0 Å². The summed E-state index contributed by atoms with van der Waals surface area (Å²) in [5.41, 5.74) is 0. The molecule has 1 aliphatic carbocycles. The molecule has 0 aromatic rings. The second kappa shape index (κ2) is 5.92. The van der Waals surface area contributed by atoms with Gasteiger partial charge in [-0.15, -0.1) is 0 Å². The Bertz CT molecular complexity index is 253. The molecule has 0 aromatic heterocycles. The topological polar surface area (TPSA) is 3.24 Å². The van der Waals surface area contributed by atoms with Crippen molar-refractivity contribution in [1.82, 2.24) is 4.90 Å². The Morgan fingerprint density at radius 2 is 2.43 bits per heavy atom. The first-order valence-corrected chi connectivity index (χ1v) is 5.58. The number of nitrogens with zero attached hydrogens (tertiary/aromatic N) is 1. The highest BCUT2D eigenvalue weighted by atomic mass is 35.5. The van der Waals surface area contributed by atoms with Crippen molar-refractivity contribution in [2.24, 2.45) is 0 Å². The molecule has 1 aliphatic rings. The predicted molar refractivity (Wildman–Crippen MR) is 63.3 cm³/mol. The number of halogens is 1. The van der Waals surface area contributed by atoms with Crippen LogP contribution in [-0.2, 0) is 0 Å². The molecule has 1 nitrogen and oxygen atoms in total. The largest absolute Gasteiger partial charge is 0.371 e. The van der Waals surface area contributed by atoms with Gasteiger partial charge in [-0.1, -0.05) is 36.8 Å². The summed E-state index contributed by atoms with van der Waals surface area (Å²) in [5.74, 6) is 0. The zero-order valence-electron chi connectivity index (χ0n) is 8.91. The summed E-state index contributed by atoms with van der Waals surface area (Å²) in [6.45, 7) is 5.36. The van der Waals surface area contributed by atoms with Crippen LogP contribution in [-0.4, -0.2) is 17.5 Å². The summed E-state index contributed by atoms with van der Waals surface area (Å²) in [5, 5.41) is 0.859. The number of allylic oxidation sites excluding steroid dienone is 3. The van der Waals surface area contributed by atoms with Gasteiger partial charge in [-0.25, -0.2) is 0 Å². The quantitative estimate of drug-likeness (QED) is 0.686. The van der Waals surface area contributed by atoms with E-state index in [1.54, 1.807) is 0 Å². The zero-order chi connectivity index (χ0) is 10.4. The molecule has 0 heterocycles. The van der Waals surface area contributed by atoms with Crippen LogP contribution in [0.2, 0.25) is 0 Å². The van der Waals surface area contributed by atoms with E-state index >= 15 is 0 Å². The fraction of sp³-hybridized carbons (Fsp3) is 0.500. The molecule has 0 spiro atoms. The van der Waals surface area contributed by atoms with E-state index in [9.17, 15) is 0 Å². The molecule has 0 aliphatic heterocycles. The van der Waals surface area contributed by atoms with E-state index in [4.69, 9.17) is 11.6 Å². The number of hydrogen-bond donors (Lipinski definition) is 0. The van der Waals surface area contributed by atoms with E-state index in [0.717, 1.165) is 18.0 Å². The van der Waals surface area contributed by atoms with Crippen molar-refractivity contribution < 1.29 is 0 Å². The van der Waals surface area contributed by atoms with Crippen molar-refractivity contribution in [3.05, 3.63) is 35.5 Å². The van der Waals surface area contributed by atoms with Crippen LogP contribution in [0.4, 0.5) is 0 Å². The number of rotatable bonds is 4. The molecule has 1 unspecified atom stereocenters. The smallest absolute Gasteiger partial charge is 0.0506 e.